The van der Waals surface area contributed by atoms with Gasteiger partial charge in [-0.15, -0.1) is 0 Å². The third kappa shape index (κ3) is 3.22. The van der Waals surface area contributed by atoms with Crippen LogP contribution in [0, 0.1) is 11.8 Å². The second-order valence-corrected chi connectivity index (χ2v) is 4.98. The van der Waals surface area contributed by atoms with Crippen molar-refractivity contribution in [3.8, 4) is 0 Å². The molecule has 0 aliphatic heterocycles. The Morgan fingerprint density at radius 2 is 2.33 bits per heavy atom. The smallest absolute Gasteiger partial charge is 0.254 e. The molecule has 4 heteroatoms. The molecule has 4 nitrogen and oxygen atoms in total. The molecule has 1 aliphatic rings. The van der Waals surface area contributed by atoms with Crippen LogP contribution in [0.3, 0.4) is 0 Å². The predicted molar refractivity (Wildman–Crippen MR) is 72.6 cm³/mol. The van der Waals surface area contributed by atoms with Crippen molar-refractivity contribution in [1.82, 2.24) is 10.3 Å². The Morgan fingerprint density at radius 3 is 3.00 bits per heavy atom. The predicted octanol–water partition coefficient (Wildman–Crippen LogP) is 2.29. The SMILES string of the molecule is CCNc1ccncc1C(=O)NCC(C)C1CC1. The Labute approximate surface area is 108 Å². The van der Waals surface area contributed by atoms with Gasteiger partial charge in [-0.05, 0) is 37.7 Å². The summed E-state index contributed by atoms with van der Waals surface area (Å²) < 4.78 is 0. The Hall–Kier alpha value is -1.58. The highest BCUT2D eigenvalue weighted by Gasteiger charge is 2.28. The van der Waals surface area contributed by atoms with Crippen LogP contribution in [-0.4, -0.2) is 24.0 Å². The lowest BCUT2D eigenvalue weighted by Crippen LogP contribution is -2.29. The first-order valence-corrected chi connectivity index (χ1v) is 6.68. The molecule has 0 spiro atoms. The van der Waals surface area contributed by atoms with Gasteiger partial charge in [0.05, 0.1) is 11.3 Å². The summed E-state index contributed by atoms with van der Waals surface area (Å²) in [5.41, 5.74) is 1.48. The monoisotopic (exact) mass is 247 g/mol. The van der Waals surface area contributed by atoms with Gasteiger partial charge in [-0.3, -0.25) is 9.78 Å². The molecule has 1 atom stereocenters. The van der Waals surface area contributed by atoms with E-state index in [-0.39, 0.29) is 5.91 Å². The molecule has 1 saturated carbocycles. The molecule has 1 unspecified atom stereocenters. The maximum Gasteiger partial charge on any atom is 0.254 e. The van der Waals surface area contributed by atoms with E-state index in [0.717, 1.165) is 24.7 Å². The molecule has 0 bridgehead atoms. The molecule has 1 heterocycles. The molecule has 18 heavy (non-hydrogen) atoms. The molecule has 1 aliphatic carbocycles. The van der Waals surface area contributed by atoms with Crippen molar-refractivity contribution in [2.24, 2.45) is 11.8 Å². The largest absolute Gasteiger partial charge is 0.385 e. The number of carbonyl (C=O) groups excluding carboxylic acids is 1. The Kier molecular flexibility index (Phi) is 4.18. The number of rotatable bonds is 6. The van der Waals surface area contributed by atoms with Crippen molar-refractivity contribution < 1.29 is 4.79 Å². The van der Waals surface area contributed by atoms with E-state index in [2.05, 4.69) is 22.5 Å². The molecule has 2 N–H and O–H groups in total. The highest BCUT2D eigenvalue weighted by molar-refractivity contribution is 5.99. The molecule has 2 rings (SSSR count). The molecule has 1 amide bonds. The summed E-state index contributed by atoms with van der Waals surface area (Å²) in [6, 6.07) is 1.84. The zero-order valence-corrected chi connectivity index (χ0v) is 11.1. The second kappa shape index (κ2) is 5.85. The summed E-state index contributed by atoms with van der Waals surface area (Å²) in [5, 5.41) is 6.18. The minimum atomic E-state index is -0.0356. The lowest BCUT2D eigenvalue weighted by Gasteiger charge is -2.13. The van der Waals surface area contributed by atoms with E-state index in [4.69, 9.17) is 0 Å². The van der Waals surface area contributed by atoms with Gasteiger partial charge < -0.3 is 10.6 Å². The molecular formula is C14H21N3O. The van der Waals surface area contributed by atoms with Gasteiger partial charge >= 0.3 is 0 Å². The van der Waals surface area contributed by atoms with E-state index in [9.17, 15) is 4.79 Å². The van der Waals surface area contributed by atoms with Gasteiger partial charge in [-0.25, -0.2) is 0 Å². The lowest BCUT2D eigenvalue weighted by molar-refractivity contribution is 0.0947. The van der Waals surface area contributed by atoms with Crippen molar-refractivity contribution in [1.29, 1.82) is 0 Å². The van der Waals surface area contributed by atoms with Gasteiger partial charge in [0.15, 0.2) is 0 Å². The minimum Gasteiger partial charge on any atom is -0.385 e. The summed E-state index contributed by atoms with van der Waals surface area (Å²) >= 11 is 0. The van der Waals surface area contributed by atoms with Crippen LogP contribution >= 0.6 is 0 Å². The van der Waals surface area contributed by atoms with Gasteiger partial charge in [0, 0.05) is 25.5 Å². The number of anilines is 1. The minimum absolute atomic E-state index is 0.0356. The van der Waals surface area contributed by atoms with Crippen molar-refractivity contribution >= 4 is 11.6 Å². The number of nitrogens with zero attached hydrogens (tertiary/aromatic N) is 1. The zero-order chi connectivity index (χ0) is 13.0. The summed E-state index contributed by atoms with van der Waals surface area (Å²) in [5.74, 6) is 1.35. The highest BCUT2D eigenvalue weighted by Crippen LogP contribution is 2.36. The maximum atomic E-state index is 12.1. The van der Waals surface area contributed by atoms with Crippen LogP contribution in [-0.2, 0) is 0 Å². The van der Waals surface area contributed by atoms with Crippen molar-refractivity contribution in [3.05, 3.63) is 24.0 Å². The normalized spacial score (nSPS) is 16.1. The van der Waals surface area contributed by atoms with E-state index >= 15 is 0 Å². The number of hydrogen-bond donors (Lipinski definition) is 2. The lowest BCUT2D eigenvalue weighted by atomic mass is 10.1. The molecule has 0 saturated heterocycles. The number of aromatic nitrogens is 1. The average Bonchev–Trinajstić information content (AvgIpc) is 3.21. The molecule has 0 aromatic carbocycles. The summed E-state index contributed by atoms with van der Waals surface area (Å²) in [6.45, 7) is 5.76. The topological polar surface area (TPSA) is 54.0 Å². The first-order chi connectivity index (χ1) is 8.72. The average molecular weight is 247 g/mol. The third-order valence-electron chi connectivity index (χ3n) is 3.44. The molecular weight excluding hydrogens is 226 g/mol. The van der Waals surface area contributed by atoms with Crippen LogP contribution in [0.5, 0.6) is 0 Å². The standard InChI is InChI=1S/C14H21N3O/c1-3-16-13-6-7-15-9-12(13)14(18)17-8-10(2)11-4-5-11/h6-7,9-11H,3-5,8H2,1-2H3,(H,15,16)(H,17,18). The van der Waals surface area contributed by atoms with Crippen molar-refractivity contribution in [3.63, 3.8) is 0 Å². The van der Waals surface area contributed by atoms with Crippen LogP contribution in [0.15, 0.2) is 18.5 Å². The zero-order valence-electron chi connectivity index (χ0n) is 11.1. The summed E-state index contributed by atoms with van der Waals surface area (Å²) in [7, 11) is 0. The van der Waals surface area contributed by atoms with Crippen molar-refractivity contribution in [2.45, 2.75) is 26.7 Å². The molecule has 1 aromatic rings. The van der Waals surface area contributed by atoms with Crippen LogP contribution in [0.2, 0.25) is 0 Å². The fourth-order valence-corrected chi connectivity index (χ4v) is 2.10. The van der Waals surface area contributed by atoms with Crippen LogP contribution in [0.1, 0.15) is 37.0 Å². The van der Waals surface area contributed by atoms with E-state index in [1.807, 2.05) is 13.0 Å². The molecule has 0 radical (unpaired) electrons. The highest BCUT2D eigenvalue weighted by atomic mass is 16.1. The molecule has 1 aromatic heterocycles. The quantitative estimate of drug-likeness (QED) is 0.811. The molecule has 1 fully saturated rings. The Morgan fingerprint density at radius 1 is 1.56 bits per heavy atom. The fourth-order valence-electron chi connectivity index (χ4n) is 2.10. The fraction of sp³-hybridized carbons (Fsp3) is 0.571. The third-order valence-corrected chi connectivity index (χ3v) is 3.44. The number of carbonyl (C=O) groups is 1. The van der Waals surface area contributed by atoms with Crippen LogP contribution in [0.25, 0.3) is 0 Å². The van der Waals surface area contributed by atoms with E-state index < -0.39 is 0 Å². The first-order valence-electron chi connectivity index (χ1n) is 6.68. The second-order valence-electron chi connectivity index (χ2n) is 4.98. The van der Waals surface area contributed by atoms with Gasteiger partial charge in [-0.1, -0.05) is 6.92 Å². The van der Waals surface area contributed by atoms with E-state index in [0.29, 0.717) is 11.5 Å². The van der Waals surface area contributed by atoms with Crippen LogP contribution in [0.4, 0.5) is 5.69 Å². The number of hydrogen-bond acceptors (Lipinski definition) is 3. The van der Waals surface area contributed by atoms with Crippen molar-refractivity contribution in [2.75, 3.05) is 18.4 Å². The maximum absolute atomic E-state index is 12.1. The van der Waals surface area contributed by atoms with Gasteiger partial charge in [0.25, 0.3) is 5.91 Å². The van der Waals surface area contributed by atoms with Gasteiger partial charge in [0.1, 0.15) is 0 Å². The Balaban J connectivity index is 1.94. The number of pyridine rings is 1. The Bertz CT molecular complexity index is 415. The first kappa shape index (κ1) is 12.9. The van der Waals surface area contributed by atoms with E-state index in [1.54, 1.807) is 12.4 Å². The van der Waals surface area contributed by atoms with Gasteiger partial charge in [-0.2, -0.15) is 0 Å². The molecule has 98 valence electrons. The van der Waals surface area contributed by atoms with Crippen LogP contribution < -0.4 is 10.6 Å². The number of nitrogens with one attached hydrogen (secondary N) is 2. The number of amides is 1. The van der Waals surface area contributed by atoms with E-state index in [1.165, 1.54) is 12.8 Å². The van der Waals surface area contributed by atoms with Gasteiger partial charge in [0.2, 0.25) is 0 Å². The summed E-state index contributed by atoms with van der Waals surface area (Å²) in [4.78, 5) is 16.1. The summed E-state index contributed by atoms with van der Waals surface area (Å²) in [6.07, 6.45) is 5.94.